The Morgan fingerprint density at radius 2 is 1.28 bits per heavy atom. The molecule has 0 N–H and O–H groups in total. The molecule has 0 heterocycles. The number of rotatable bonds is 2. The third kappa shape index (κ3) is 3.97. The largest absolute Gasteiger partial charge is 0.300 e. The van der Waals surface area contributed by atoms with Crippen molar-refractivity contribution < 1.29 is 4.79 Å². The maximum atomic E-state index is 11.3. The summed E-state index contributed by atoms with van der Waals surface area (Å²) in [4.78, 5) is 11.3. The zero-order valence-electron chi connectivity index (χ0n) is 12.8. The molecule has 1 heteroatoms. The molecule has 0 unspecified atom stereocenters. The van der Waals surface area contributed by atoms with Crippen molar-refractivity contribution in [3.8, 4) is 0 Å². The average molecular weight is 246 g/mol. The SMILES string of the molecule is CC(=O)Cc1cc(C(C)(C)C)cc(C(C)(C)C)c1. The highest BCUT2D eigenvalue weighted by Crippen LogP contribution is 2.30. The van der Waals surface area contributed by atoms with E-state index in [9.17, 15) is 4.79 Å². The van der Waals surface area contributed by atoms with Gasteiger partial charge in [0.2, 0.25) is 0 Å². The first-order valence-electron chi connectivity index (χ1n) is 6.64. The highest BCUT2D eigenvalue weighted by molar-refractivity contribution is 5.78. The third-order valence-electron chi connectivity index (χ3n) is 3.18. The molecule has 18 heavy (non-hydrogen) atoms. The minimum absolute atomic E-state index is 0.118. The van der Waals surface area contributed by atoms with Crippen LogP contribution >= 0.6 is 0 Å². The number of ketones is 1. The molecular weight excluding hydrogens is 220 g/mol. The maximum Gasteiger partial charge on any atom is 0.134 e. The van der Waals surface area contributed by atoms with Gasteiger partial charge in [0, 0.05) is 6.42 Å². The van der Waals surface area contributed by atoms with Crippen molar-refractivity contribution >= 4 is 5.78 Å². The van der Waals surface area contributed by atoms with E-state index in [1.165, 1.54) is 11.1 Å². The van der Waals surface area contributed by atoms with Gasteiger partial charge in [0.25, 0.3) is 0 Å². The van der Waals surface area contributed by atoms with Gasteiger partial charge in [0.1, 0.15) is 5.78 Å². The summed E-state index contributed by atoms with van der Waals surface area (Å²) in [6.07, 6.45) is 0.535. The van der Waals surface area contributed by atoms with Gasteiger partial charge < -0.3 is 0 Å². The number of benzene rings is 1. The van der Waals surface area contributed by atoms with Crippen LogP contribution in [0.2, 0.25) is 0 Å². The third-order valence-corrected chi connectivity index (χ3v) is 3.18. The first-order valence-corrected chi connectivity index (χ1v) is 6.64. The molecule has 0 saturated carbocycles. The van der Waals surface area contributed by atoms with Crippen LogP contribution in [-0.2, 0) is 22.0 Å². The molecule has 0 amide bonds. The van der Waals surface area contributed by atoms with Crippen LogP contribution in [-0.4, -0.2) is 5.78 Å². The summed E-state index contributed by atoms with van der Waals surface area (Å²) < 4.78 is 0. The summed E-state index contributed by atoms with van der Waals surface area (Å²) in [5, 5.41) is 0. The van der Waals surface area contributed by atoms with Crippen LogP contribution in [0.1, 0.15) is 65.2 Å². The molecule has 1 rings (SSSR count). The van der Waals surface area contributed by atoms with Crippen LogP contribution < -0.4 is 0 Å². The summed E-state index contributed by atoms with van der Waals surface area (Å²) in [6.45, 7) is 14.9. The minimum Gasteiger partial charge on any atom is -0.300 e. The topological polar surface area (TPSA) is 17.1 Å². The molecule has 0 fully saturated rings. The summed E-state index contributed by atoms with van der Waals surface area (Å²) in [5.41, 5.74) is 4.00. The lowest BCUT2D eigenvalue weighted by Gasteiger charge is -2.26. The Morgan fingerprint density at radius 3 is 1.56 bits per heavy atom. The second kappa shape index (κ2) is 4.87. The van der Waals surface area contributed by atoms with Crippen molar-refractivity contribution in [2.24, 2.45) is 0 Å². The fourth-order valence-corrected chi connectivity index (χ4v) is 1.95. The smallest absolute Gasteiger partial charge is 0.134 e. The number of hydrogen-bond acceptors (Lipinski definition) is 1. The molecule has 0 aliphatic rings. The van der Waals surface area contributed by atoms with E-state index >= 15 is 0 Å². The fourth-order valence-electron chi connectivity index (χ4n) is 1.95. The van der Waals surface area contributed by atoms with Crippen LogP contribution in [0.25, 0.3) is 0 Å². The molecule has 0 aromatic heterocycles. The van der Waals surface area contributed by atoms with E-state index in [2.05, 4.69) is 59.7 Å². The van der Waals surface area contributed by atoms with E-state index in [-0.39, 0.29) is 16.6 Å². The van der Waals surface area contributed by atoms with Crippen molar-refractivity contribution in [2.45, 2.75) is 65.7 Å². The van der Waals surface area contributed by atoms with Gasteiger partial charge in [-0.2, -0.15) is 0 Å². The molecule has 0 atom stereocenters. The van der Waals surface area contributed by atoms with Crippen LogP contribution in [0.15, 0.2) is 18.2 Å². The molecule has 1 aromatic carbocycles. The monoisotopic (exact) mass is 246 g/mol. The molecular formula is C17H26O. The Balaban J connectivity index is 3.34. The Hall–Kier alpha value is -1.11. The van der Waals surface area contributed by atoms with E-state index in [4.69, 9.17) is 0 Å². The van der Waals surface area contributed by atoms with Crippen molar-refractivity contribution in [3.05, 3.63) is 34.9 Å². The first-order chi connectivity index (χ1) is 8.00. The summed E-state index contributed by atoms with van der Waals surface area (Å²) >= 11 is 0. The van der Waals surface area contributed by atoms with Gasteiger partial charge >= 0.3 is 0 Å². The lowest BCUT2D eigenvalue weighted by atomic mass is 9.79. The van der Waals surface area contributed by atoms with Gasteiger partial charge in [-0.15, -0.1) is 0 Å². The fraction of sp³-hybridized carbons (Fsp3) is 0.588. The standard InChI is InChI=1S/C17H26O/c1-12(18)8-13-9-14(16(2,3)4)11-15(10-13)17(5,6)7/h9-11H,8H2,1-7H3. The van der Waals surface area contributed by atoms with E-state index in [0.717, 1.165) is 5.56 Å². The molecule has 0 bridgehead atoms. The van der Waals surface area contributed by atoms with E-state index < -0.39 is 0 Å². The number of carbonyl (C=O) groups excluding carboxylic acids is 1. The quantitative estimate of drug-likeness (QED) is 0.755. The van der Waals surface area contributed by atoms with Gasteiger partial charge in [-0.3, -0.25) is 4.79 Å². The average Bonchev–Trinajstić information content (AvgIpc) is 2.13. The lowest BCUT2D eigenvalue weighted by molar-refractivity contribution is -0.116. The maximum absolute atomic E-state index is 11.3. The molecule has 0 saturated heterocycles. The van der Waals surface area contributed by atoms with E-state index in [1.807, 2.05) is 0 Å². The van der Waals surface area contributed by atoms with Crippen molar-refractivity contribution in [3.63, 3.8) is 0 Å². The Labute approximate surface area is 112 Å². The Kier molecular flexibility index (Phi) is 4.05. The molecule has 0 radical (unpaired) electrons. The van der Waals surface area contributed by atoms with E-state index in [1.54, 1.807) is 6.92 Å². The van der Waals surface area contributed by atoms with Gasteiger partial charge in [-0.25, -0.2) is 0 Å². The molecule has 1 nitrogen and oxygen atoms in total. The number of Topliss-reactive ketones (excluding diaryl/α,β-unsaturated/α-hetero) is 1. The summed E-state index contributed by atoms with van der Waals surface area (Å²) in [6, 6.07) is 6.64. The molecule has 0 spiro atoms. The second-order valence-corrected chi connectivity index (χ2v) is 7.30. The normalized spacial score (nSPS) is 12.6. The zero-order valence-corrected chi connectivity index (χ0v) is 12.8. The first kappa shape index (κ1) is 14.9. The van der Waals surface area contributed by atoms with Crippen LogP contribution in [0.4, 0.5) is 0 Å². The second-order valence-electron chi connectivity index (χ2n) is 7.30. The summed E-state index contributed by atoms with van der Waals surface area (Å²) in [5.74, 6) is 0.223. The van der Waals surface area contributed by atoms with Gasteiger partial charge in [0.05, 0.1) is 0 Å². The van der Waals surface area contributed by atoms with Gasteiger partial charge in [-0.05, 0) is 34.4 Å². The van der Waals surface area contributed by atoms with Gasteiger partial charge in [0.15, 0.2) is 0 Å². The lowest BCUT2D eigenvalue weighted by Crippen LogP contribution is -2.17. The van der Waals surface area contributed by atoms with E-state index in [0.29, 0.717) is 6.42 Å². The van der Waals surface area contributed by atoms with Crippen molar-refractivity contribution in [1.82, 2.24) is 0 Å². The highest BCUT2D eigenvalue weighted by Gasteiger charge is 2.20. The van der Waals surface area contributed by atoms with Crippen LogP contribution in [0.3, 0.4) is 0 Å². The van der Waals surface area contributed by atoms with Gasteiger partial charge in [-0.1, -0.05) is 59.7 Å². The molecule has 0 aliphatic carbocycles. The van der Waals surface area contributed by atoms with Crippen LogP contribution in [0, 0.1) is 0 Å². The predicted molar refractivity (Wildman–Crippen MR) is 78.2 cm³/mol. The van der Waals surface area contributed by atoms with Crippen molar-refractivity contribution in [1.29, 1.82) is 0 Å². The summed E-state index contributed by atoms with van der Waals surface area (Å²) in [7, 11) is 0. The highest BCUT2D eigenvalue weighted by atomic mass is 16.1. The molecule has 0 aliphatic heterocycles. The minimum atomic E-state index is 0.118. The molecule has 1 aromatic rings. The number of hydrogen-bond donors (Lipinski definition) is 0. The molecule has 100 valence electrons. The number of carbonyl (C=O) groups is 1. The Morgan fingerprint density at radius 1 is 0.889 bits per heavy atom. The van der Waals surface area contributed by atoms with Crippen molar-refractivity contribution in [2.75, 3.05) is 0 Å². The predicted octanol–water partition coefficient (Wildman–Crippen LogP) is 4.41. The zero-order chi connectivity index (χ0) is 14.1. The van der Waals surface area contributed by atoms with Crippen LogP contribution in [0.5, 0.6) is 0 Å². The Bertz CT molecular complexity index is 409.